The highest BCUT2D eigenvalue weighted by atomic mass is 19.1. The Bertz CT molecular complexity index is 1230. The lowest BCUT2D eigenvalue weighted by Gasteiger charge is -2.37. The summed E-state index contributed by atoms with van der Waals surface area (Å²) in [7, 11) is 0. The second-order valence-electron chi connectivity index (χ2n) is 9.07. The first kappa shape index (κ1) is 23.3. The average Bonchev–Trinajstić information content (AvgIpc) is 2.80. The van der Waals surface area contributed by atoms with Crippen LogP contribution in [0, 0.1) is 17.6 Å². The van der Waals surface area contributed by atoms with Crippen LogP contribution in [0.4, 0.5) is 13.2 Å². The fourth-order valence-electron chi connectivity index (χ4n) is 4.74. The van der Waals surface area contributed by atoms with Gasteiger partial charge in [-0.3, -0.25) is 9.29 Å². The van der Waals surface area contributed by atoms with Crippen molar-refractivity contribution in [2.24, 2.45) is 5.92 Å². The lowest BCUT2D eigenvalue weighted by atomic mass is 9.86. The third-order valence-corrected chi connectivity index (χ3v) is 6.56. The van der Waals surface area contributed by atoms with Crippen molar-refractivity contribution in [1.82, 2.24) is 4.90 Å². The number of halogens is 3. The van der Waals surface area contributed by atoms with E-state index in [9.17, 15) is 18.3 Å². The van der Waals surface area contributed by atoms with Crippen LogP contribution in [0.25, 0.3) is 11.1 Å². The first-order valence-corrected chi connectivity index (χ1v) is 11.6. The molecule has 0 aliphatic carbocycles. The normalized spacial score (nSPS) is 18.1. The van der Waals surface area contributed by atoms with E-state index in [1.54, 1.807) is 18.2 Å². The van der Waals surface area contributed by atoms with Gasteiger partial charge in [-0.25, -0.2) is 8.78 Å². The number of aromatic hydroxyl groups is 1. The van der Waals surface area contributed by atoms with E-state index in [0.717, 1.165) is 36.8 Å². The third kappa shape index (κ3) is 4.86. The van der Waals surface area contributed by atoms with Gasteiger partial charge in [-0.05, 0) is 66.1 Å². The molecule has 2 heterocycles. The molecular formula is C28H26F3NO3. The first-order chi connectivity index (χ1) is 16.9. The van der Waals surface area contributed by atoms with E-state index in [2.05, 4.69) is 4.90 Å². The molecule has 7 heteroatoms. The number of fused-ring (bicyclic) bond motifs is 1. The Hall–Kier alpha value is -3.45. The zero-order chi connectivity index (χ0) is 24.5. The second-order valence-corrected chi connectivity index (χ2v) is 9.07. The molecule has 3 aromatic carbocycles. The molecule has 182 valence electrons. The summed E-state index contributed by atoms with van der Waals surface area (Å²) >= 11 is 0. The highest BCUT2D eigenvalue weighted by molar-refractivity contribution is 5.95. The number of alkyl halides is 1. The number of benzene rings is 3. The van der Waals surface area contributed by atoms with E-state index in [0.29, 0.717) is 34.8 Å². The van der Waals surface area contributed by atoms with Crippen LogP contribution in [-0.4, -0.2) is 42.9 Å². The van der Waals surface area contributed by atoms with Gasteiger partial charge in [0.15, 0.2) is 0 Å². The SMILES string of the molecule is CC1=C(c2cc(F)cc(F)c2)[C@H](c2ccc(OCCN3CC(CF)C3)cc2)Oc2ccc(O)cc21. The van der Waals surface area contributed by atoms with Gasteiger partial charge in [0.05, 0.1) is 6.67 Å². The molecular weight excluding hydrogens is 455 g/mol. The Morgan fingerprint density at radius 1 is 1.00 bits per heavy atom. The molecule has 0 unspecified atom stereocenters. The Morgan fingerprint density at radius 3 is 2.40 bits per heavy atom. The van der Waals surface area contributed by atoms with Crippen LogP contribution in [0.2, 0.25) is 0 Å². The van der Waals surface area contributed by atoms with E-state index in [4.69, 9.17) is 9.47 Å². The number of hydrogen-bond acceptors (Lipinski definition) is 4. The zero-order valence-corrected chi connectivity index (χ0v) is 19.3. The monoisotopic (exact) mass is 481 g/mol. The summed E-state index contributed by atoms with van der Waals surface area (Å²) in [5, 5.41) is 9.98. The lowest BCUT2D eigenvalue weighted by molar-refractivity contribution is 0.0668. The van der Waals surface area contributed by atoms with E-state index >= 15 is 0 Å². The van der Waals surface area contributed by atoms with E-state index < -0.39 is 17.7 Å². The van der Waals surface area contributed by atoms with Crippen LogP contribution in [0.3, 0.4) is 0 Å². The number of allylic oxidation sites excluding steroid dienone is 1. The van der Waals surface area contributed by atoms with Crippen molar-refractivity contribution >= 4 is 11.1 Å². The Balaban J connectivity index is 1.40. The summed E-state index contributed by atoms with van der Waals surface area (Å²) < 4.78 is 52.9. The molecule has 1 saturated heterocycles. The first-order valence-electron chi connectivity index (χ1n) is 11.6. The van der Waals surface area contributed by atoms with Gasteiger partial charge in [-0.2, -0.15) is 0 Å². The quantitative estimate of drug-likeness (QED) is 0.449. The summed E-state index contributed by atoms with van der Waals surface area (Å²) in [4.78, 5) is 2.15. The Morgan fingerprint density at radius 2 is 1.71 bits per heavy atom. The van der Waals surface area contributed by atoms with Gasteiger partial charge in [-0.1, -0.05) is 12.1 Å². The maximum atomic E-state index is 14.1. The fraction of sp³-hybridized carbons (Fsp3) is 0.286. The summed E-state index contributed by atoms with van der Waals surface area (Å²) in [6, 6.07) is 15.6. The minimum atomic E-state index is -0.676. The van der Waals surface area contributed by atoms with Crippen LogP contribution in [-0.2, 0) is 0 Å². The lowest BCUT2D eigenvalue weighted by Crippen LogP contribution is -2.49. The molecule has 0 aromatic heterocycles. The second kappa shape index (κ2) is 9.66. The number of nitrogens with zero attached hydrogens (tertiary/aromatic N) is 1. The molecule has 35 heavy (non-hydrogen) atoms. The summed E-state index contributed by atoms with van der Waals surface area (Å²) in [6.45, 7) is 4.36. The molecule has 0 saturated carbocycles. The van der Waals surface area contributed by atoms with E-state index in [1.165, 1.54) is 12.1 Å². The highest BCUT2D eigenvalue weighted by Crippen LogP contribution is 2.47. The average molecular weight is 482 g/mol. The van der Waals surface area contributed by atoms with Crippen LogP contribution in [0.15, 0.2) is 60.7 Å². The van der Waals surface area contributed by atoms with Gasteiger partial charge < -0.3 is 14.6 Å². The highest BCUT2D eigenvalue weighted by Gasteiger charge is 2.30. The minimum absolute atomic E-state index is 0.0786. The van der Waals surface area contributed by atoms with Crippen LogP contribution >= 0.6 is 0 Å². The van der Waals surface area contributed by atoms with Crippen molar-refractivity contribution < 1.29 is 27.8 Å². The van der Waals surface area contributed by atoms with E-state index in [-0.39, 0.29) is 18.3 Å². The molecule has 0 radical (unpaired) electrons. The maximum Gasteiger partial charge on any atom is 0.150 e. The number of phenolic OH excluding ortho intramolecular Hbond substituents is 1. The predicted octanol–water partition coefficient (Wildman–Crippen LogP) is 6.01. The molecule has 1 N–H and O–H groups in total. The van der Waals surface area contributed by atoms with Gasteiger partial charge in [0, 0.05) is 42.8 Å². The Labute approximate surface area is 202 Å². The molecule has 2 aliphatic heterocycles. The number of phenols is 1. The maximum absolute atomic E-state index is 14.1. The third-order valence-electron chi connectivity index (χ3n) is 6.56. The topological polar surface area (TPSA) is 41.9 Å². The summed E-state index contributed by atoms with van der Waals surface area (Å²) in [5.74, 6) is 0.143. The molecule has 5 rings (SSSR count). The molecule has 1 atom stereocenters. The molecule has 1 fully saturated rings. The van der Waals surface area contributed by atoms with Gasteiger partial charge in [0.25, 0.3) is 0 Å². The molecule has 0 amide bonds. The van der Waals surface area contributed by atoms with Crippen LogP contribution in [0.1, 0.15) is 29.7 Å². The van der Waals surface area contributed by atoms with Crippen molar-refractivity contribution in [2.45, 2.75) is 13.0 Å². The number of ether oxygens (including phenoxy) is 2. The van der Waals surface area contributed by atoms with Crippen molar-refractivity contribution in [3.63, 3.8) is 0 Å². The fourth-order valence-corrected chi connectivity index (χ4v) is 4.74. The van der Waals surface area contributed by atoms with Gasteiger partial charge in [0.2, 0.25) is 0 Å². The molecule has 3 aromatic rings. The smallest absolute Gasteiger partial charge is 0.150 e. The number of hydrogen-bond donors (Lipinski definition) is 1. The number of likely N-dealkylation sites (tertiary alicyclic amines) is 1. The van der Waals surface area contributed by atoms with Gasteiger partial charge in [0.1, 0.15) is 41.6 Å². The van der Waals surface area contributed by atoms with Gasteiger partial charge in [-0.15, -0.1) is 0 Å². The van der Waals surface area contributed by atoms with Crippen molar-refractivity contribution in [3.05, 3.63) is 89.0 Å². The molecule has 4 nitrogen and oxygen atoms in total. The predicted molar refractivity (Wildman–Crippen MR) is 128 cm³/mol. The standard InChI is InChI=1S/C28H26F3NO3/c1-17-25-13-23(33)4-7-26(25)35-28(27(17)20-10-21(30)12-22(31)11-20)19-2-5-24(6-3-19)34-9-8-32-15-18(14-29)16-32/h2-7,10-13,18,28,33H,8-9,14-16H2,1H3/t28-/m0/s1. The minimum Gasteiger partial charge on any atom is -0.508 e. The van der Waals surface area contributed by atoms with Crippen molar-refractivity contribution in [1.29, 1.82) is 0 Å². The largest absolute Gasteiger partial charge is 0.508 e. The Kier molecular flexibility index (Phi) is 6.43. The van der Waals surface area contributed by atoms with Crippen LogP contribution < -0.4 is 9.47 Å². The number of rotatable bonds is 7. The van der Waals surface area contributed by atoms with Crippen molar-refractivity contribution in [2.75, 3.05) is 32.9 Å². The zero-order valence-electron chi connectivity index (χ0n) is 19.3. The molecule has 0 spiro atoms. The summed E-state index contributed by atoms with van der Waals surface area (Å²) in [5.41, 5.74) is 3.22. The van der Waals surface area contributed by atoms with Crippen LogP contribution in [0.5, 0.6) is 17.2 Å². The molecule has 0 bridgehead atoms. The summed E-state index contributed by atoms with van der Waals surface area (Å²) in [6.07, 6.45) is -0.610. The van der Waals surface area contributed by atoms with Gasteiger partial charge >= 0.3 is 0 Å². The van der Waals surface area contributed by atoms with E-state index in [1.807, 2.05) is 31.2 Å². The van der Waals surface area contributed by atoms with Crippen molar-refractivity contribution in [3.8, 4) is 17.2 Å². The molecule has 2 aliphatic rings.